The first kappa shape index (κ1) is 15.6. The molecule has 2 N–H and O–H groups in total. The molecule has 0 aliphatic heterocycles. The number of nitrogens with two attached hydrogens (primary N) is 1. The van der Waals surface area contributed by atoms with Gasteiger partial charge in [0.1, 0.15) is 5.82 Å². The van der Waals surface area contributed by atoms with Crippen LogP contribution in [0.1, 0.15) is 37.8 Å². The fourth-order valence-electron chi connectivity index (χ4n) is 2.64. The molecule has 1 aromatic heterocycles. The predicted molar refractivity (Wildman–Crippen MR) is 82.6 cm³/mol. The van der Waals surface area contributed by atoms with Crippen molar-refractivity contribution in [3.63, 3.8) is 0 Å². The van der Waals surface area contributed by atoms with E-state index in [0.29, 0.717) is 16.7 Å². The molecule has 0 unspecified atom stereocenters. The molecule has 1 fully saturated rings. The average Bonchev–Trinajstić information content (AvgIpc) is 2.35. The molecule has 1 aliphatic rings. The summed E-state index contributed by atoms with van der Waals surface area (Å²) in [5, 5.41) is 0.566. The summed E-state index contributed by atoms with van der Waals surface area (Å²) in [4.78, 5) is 8.47. The summed E-state index contributed by atoms with van der Waals surface area (Å²) < 4.78 is 23.7. The summed E-state index contributed by atoms with van der Waals surface area (Å²) in [7, 11) is -3.09. The Bertz CT molecular complexity index is 561. The van der Waals surface area contributed by atoms with E-state index in [9.17, 15) is 8.42 Å². The fraction of sp³-hybridized carbons (Fsp3) is 0.692. The van der Waals surface area contributed by atoms with E-state index < -0.39 is 14.6 Å². The average molecular weight is 315 g/mol. The van der Waals surface area contributed by atoms with Crippen LogP contribution in [0.4, 0.5) is 5.82 Å². The molecule has 1 saturated carbocycles. The van der Waals surface area contributed by atoms with Crippen molar-refractivity contribution in [2.45, 2.75) is 48.9 Å². The summed E-state index contributed by atoms with van der Waals surface area (Å²) >= 11 is 1.40. The van der Waals surface area contributed by atoms with Gasteiger partial charge >= 0.3 is 0 Å². The van der Waals surface area contributed by atoms with E-state index in [-0.39, 0.29) is 0 Å². The summed E-state index contributed by atoms with van der Waals surface area (Å²) in [5.74, 6) is 0.936. The second-order valence-electron chi connectivity index (χ2n) is 5.52. The minimum Gasteiger partial charge on any atom is -0.384 e. The number of aryl methyl sites for hydroxylation is 1. The third-order valence-electron chi connectivity index (χ3n) is 3.87. The first-order valence-corrected chi connectivity index (χ1v) is 9.64. The van der Waals surface area contributed by atoms with Gasteiger partial charge in [0.25, 0.3) is 0 Å². The SMILES string of the molecule is Cc1cc(N)nc(SCC2(S(C)(=O)=O)CCCCC2)n1. The van der Waals surface area contributed by atoms with E-state index in [1.165, 1.54) is 18.0 Å². The Kier molecular flexibility index (Phi) is 4.59. The lowest BCUT2D eigenvalue weighted by atomic mass is 9.90. The fourth-order valence-corrected chi connectivity index (χ4v) is 5.77. The lowest BCUT2D eigenvalue weighted by Gasteiger charge is -2.34. The summed E-state index contributed by atoms with van der Waals surface area (Å²) in [6, 6.07) is 1.71. The molecule has 20 heavy (non-hydrogen) atoms. The number of nitrogens with zero attached hydrogens (tertiary/aromatic N) is 2. The molecule has 0 bridgehead atoms. The normalized spacial score (nSPS) is 18.9. The van der Waals surface area contributed by atoms with Gasteiger partial charge in [-0.3, -0.25) is 0 Å². The van der Waals surface area contributed by atoms with E-state index in [4.69, 9.17) is 5.73 Å². The molecule has 1 aliphatic carbocycles. The predicted octanol–water partition coefficient (Wildman–Crippen LogP) is 2.21. The Labute approximate surface area is 124 Å². The molecule has 0 saturated heterocycles. The maximum absolute atomic E-state index is 12.2. The minimum absolute atomic E-state index is 0.428. The molecule has 1 aromatic rings. The molecule has 1 heterocycles. The maximum atomic E-state index is 12.2. The molecule has 112 valence electrons. The maximum Gasteiger partial charge on any atom is 0.189 e. The summed E-state index contributed by atoms with van der Waals surface area (Å²) in [6.45, 7) is 1.86. The van der Waals surface area contributed by atoms with Gasteiger partial charge in [0.15, 0.2) is 15.0 Å². The van der Waals surface area contributed by atoms with Crippen molar-refractivity contribution < 1.29 is 8.42 Å². The van der Waals surface area contributed by atoms with Crippen LogP contribution in [-0.4, -0.2) is 35.1 Å². The van der Waals surface area contributed by atoms with Gasteiger partial charge in [0, 0.05) is 23.8 Å². The lowest BCUT2D eigenvalue weighted by Crippen LogP contribution is -2.42. The highest BCUT2D eigenvalue weighted by Gasteiger charge is 2.41. The number of anilines is 1. The van der Waals surface area contributed by atoms with Gasteiger partial charge in [-0.25, -0.2) is 18.4 Å². The van der Waals surface area contributed by atoms with Gasteiger partial charge in [-0.1, -0.05) is 31.0 Å². The van der Waals surface area contributed by atoms with Gasteiger partial charge in [0.2, 0.25) is 0 Å². The van der Waals surface area contributed by atoms with Crippen molar-refractivity contribution in [1.29, 1.82) is 0 Å². The van der Waals surface area contributed by atoms with E-state index >= 15 is 0 Å². The van der Waals surface area contributed by atoms with Crippen LogP contribution in [0, 0.1) is 6.92 Å². The highest BCUT2D eigenvalue weighted by molar-refractivity contribution is 8.00. The van der Waals surface area contributed by atoms with Gasteiger partial charge in [-0.05, 0) is 19.8 Å². The molecule has 2 rings (SSSR count). The lowest BCUT2D eigenvalue weighted by molar-refractivity contribution is 0.401. The van der Waals surface area contributed by atoms with Gasteiger partial charge < -0.3 is 5.73 Å². The monoisotopic (exact) mass is 315 g/mol. The number of sulfone groups is 1. The Morgan fingerprint density at radius 1 is 1.30 bits per heavy atom. The zero-order valence-electron chi connectivity index (χ0n) is 11.9. The molecule has 0 aromatic carbocycles. The first-order valence-electron chi connectivity index (χ1n) is 6.76. The zero-order chi connectivity index (χ0) is 14.8. The second kappa shape index (κ2) is 5.89. The number of hydrogen-bond acceptors (Lipinski definition) is 6. The number of thioether (sulfide) groups is 1. The Morgan fingerprint density at radius 3 is 2.50 bits per heavy atom. The minimum atomic E-state index is -3.09. The highest BCUT2D eigenvalue weighted by atomic mass is 32.2. The molecule has 0 spiro atoms. The van der Waals surface area contributed by atoms with Crippen molar-refractivity contribution in [3.05, 3.63) is 11.8 Å². The summed E-state index contributed by atoms with van der Waals surface area (Å²) in [6.07, 6.45) is 5.90. The Balaban J connectivity index is 2.17. The topological polar surface area (TPSA) is 85.9 Å². The van der Waals surface area contributed by atoms with Crippen LogP contribution in [0.3, 0.4) is 0 Å². The molecule has 0 atom stereocenters. The highest BCUT2D eigenvalue weighted by Crippen LogP contribution is 2.38. The van der Waals surface area contributed by atoms with Gasteiger partial charge in [0.05, 0.1) is 4.75 Å². The van der Waals surface area contributed by atoms with Crippen molar-refractivity contribution >= 4 is 27.4 Å². The van der Waals surface area contributed by atoms with Crippen molar-refractivity contribution in [1.82, 2.24) is 9.97 Å². The third-order valence-corrected chi connectivity index (χ3v) is 7.32. The molecule has 7 heteroatoms. The molecular formula is C13H21N3O2S2. The molecule has 5 nitrogen and oxygen atoms in total. The largest absolute Gasteiger partial charge is 0.384 e. The van der Waals surface area contributed by atoms with E-state index in [0.717, 1.165) is 37.8 Å². The molecular weight excluding hydrogens is 294 g/mol. The first-order chi connectivity index (χ1) is 9.32. The number of rotatable bonds is 4. The van der Waals surface area contributed by atoms with Crippen LogP contribution in [0.5, 0.6) is 0 Å². The van der Waals surface area contributed by atoms with E-state index in [2.05, 4.69) is 9.97 Å². The molecule has 0 amide bonds. The number of nitrogen functional groups attached to an aromatic ring is 1. The van der Waals surface area contributed by atoms with Crippen molar-refractivity contribution in [2.24, 2.45) is 0 Å². The number of aromatic nitrogens is 2. The van der Waals surface area contributed by atoms with Gasteiger partial charge in [-0.2, -0.15) is 0 Å². The Morgan fingerprint density at radius 2 is 1.95 bits per heavy atom. The van der Waals surface area contributed by atoms with Crippen molar-refractivity contribution in [3.8, 4) is 0 Å². The zero-order valence-corrected chi connectivity index (χ0v) is 13.6. The smallest absolute Gasteiger partial charge is 0.189 e. The number of hydrogen-bond donors (Lipinski definition) is 1. The third kappa shape index (κ3) is 3.44. The van der Waals surface area contributed by atoms with Crippen LogP contribution >= 0.6 is 11.8 Å². The van der Waals surface area contributed by atoms with Crippen LogP contribution in [-0.2, 0) is 9.84 Å². The Hall–Kier alpha value is -0.820. The van der Waals surface area contributed by atoms with Gasteiger partial charge in [-0.15, -0.1) is 0 Å². The molecule has 0 radical (unpaired) electrons. The summed E-state index contributed by atoms with van der Waals surface area (Å²) in [5.41, 5.74) is 6.51. The quantitative estimate of drug-likeness (QED) is 0.677. The van der Waals surface area contributed by atoms with E-state index in [1.807, 2.05) is 6.92 Å². The van der Waals surface area contributed by atoms with Crippen LogP contribution in [0.15, 0.2) is 11.2 Å². The standard InChI is InChI=1S/C13H21N3O2S2/c1-10-8-11(14)16-12(15-10)19-9-13(20(2,17)18)6-4-3-5-7-13/h8H,3-7,9H2,1-2H3,(H2,14,15,16). The van der Waals surface area contributed by atoms with Crippen LogP contribution in [0.25, 0.3) is 0 Å². The second-order valence-corrected chi connectivity index (χ2v) is 8.87. The van der Waals surface area contributed by atoms with Crippen LogP contribution < -0.4 is 5.73 Å². The van der Waals surface area contributed by atoms with Crippen molar-refractivity contribution in [2.75, 3.05) is 17.7 Å². The van der Waals surface area contributed by atoms with Crippen LogP contribution in [0.2, 0.25) is 0 Å². The van der Waals surface area contributed by atoms with E-state index in [1.54, 1.807) is 6.07 Å².